The zero-order valence-corrected chi connectivity index (χ0v) is 15.6. The highest BCUT2D eigenvalue weighted by Crippen LogP contribution is 2.23. The molecule has 2 aromatic rings. The molecule has 1 aromatic heterocycles. The maximum atomic E-state index is 7.56. The Kier molecular flexibility index (Phi) is 5.68. The number of aromatic nitrogens is 2. The molecule has 0 radical (unpaired) electrons. The van der Waals surface area contributed by atoms with Crippen molar-refractivity contribution in [3.05, 3.63) is 55.0 Å². The van der Waals surface area contributed by atoms with Gasteiger partial charge in [0, 0.05) is 37.9 Å². The van der Waals surface area contributed by atoms with Crippen LogP contribution in [0, 0.1) is 5.41 Å². The minimum Gasteiger partial charge on any atom is -0.369 e. The zero-order chi connectivity index (χ0) is 18.5. The van der Waals surface area contributed by atoms with E-state index in [2.05, 4.69) is 64.5 Å². The predicted molar refractivity (Wildman–Crippen MR) is 110 cm³/mol. The quantitative estimate of drug-likeness (QED) is 0.779. The fourth-order valence-corrected chi connectivity index (χ4v) is 3.15. The van der Waals surface area contributed by atoms with E-state index in [1.165, 1.54) is 11.8 Å². The number of piperazine rings is 1. The largest absolute Gasteiger partial charge is 0.369 e. The van der Waals surface area contributed by atoms with Crippen LogP contribution in [0.4, 0.5) is 5.69 Å². The number of aromatic amines is 1. The maximum Gasteiger partial charge on any atom is 0.130 e. The third-order valence-corrected chi connectivity index (χ3v) is 4.82. The summed E-state index contributed by atoms with van der Waals surface area (Å²) in [7, 11) is 0. The number of nitrogens with zero attached hydrogens (tertiary/aromatic N) is 3. The topological polar surface area (TPSA) is 59.0 Å². The van der Waals surface area contributed by atoms with Crippen LogP contribution in [0.2, 0.25) is 0 Å². The second-order valence-corrected chi connectivity index (χ2v) is 6.84. The van der Waals surface area contributed by atoms with Crippen molar-refractivity contribution in [2.75, 3.05) is 31.1 Å². The molecule has 1 aromatic carbocycles. The lowest BCUT2D eigenvalue weighted by molar-refractivity contribution is 0.209. The zero-order valence-electron chi connectivity index (χ0n) is 15.6. The average molecular weight is 349 g/mol. The van der Waals surface area contributed by atoms with Gasteiger partial charge in [0.25, 0.3) is 0 Å². The number of nitrogens with one attached hydrogen (secondary N) is 2. The molecule has 0 aliphatic carbocycles. The first kappa shape index (κ1) is 18.1. The second-order valence-electron chi connectivity index (χ2n) is 6.84. The number of hydrogen-bond acceptors (Lipinski definition) is 4. The van der Waals surface area contributed by atoms with Crippen LogP contribution in [0.25, 0.3) is 17.3 Å². The van der Waals surface area contributed by atoms with Gasteiger partial charge in [-0.1, -0.05) is 18.7 Å². The number of hydrogen-bond donors (Lipinski definition) is 2. The maximum absolute atomic E-state index is 7.56. The van der Waals surface area contributed by atoms with Crippen LogP contribution in [0.3, 0.4) is 0 Å². The molecule has 0 unspecified atom stereocenters. The first-order valence-corrected chi connectivity index (χ1v) is 9.10. The molecular formula is C21H27N5. The van der Waals surface area contributed by atoms with Crippen LogP contribution >= 0.6 is 0 Å². The van der Waals surface area contributed by atoms with Crippen LogP contribution in [-0.2, 0) is 0 Å². The average Bonchev–Trinajstić information content (AvgIpc) is 3.15. The molecule has 5 heteroatoms. The van der Waals surface area contributed by atoms with Crippen molar-refractivity contribution in [2.24, 2.45) is 0 Å². The smallest absolute Gasteiger partial charge is 0.130 e. The van der Waals surface area contributed by atoms with Crippen LogP contribution in [0.1, 0.15) is 19.7 Å². The number of benzene rings is 1. The van der Waals surface area contributed by atoms with Crippen molar-refractivity contribution >= 4 is 17.5 Å². The molecule has 2 heterocycles. The van der Waals surface area contributed by atoms with Crippen molar-refractivity contribution in [1.29, 1.82) is 5.41 Å². The van der Waals surface area contributed by atoms with Gasteiger partial charge in [0.2, 0.25) is 0 Å². The molecule has 0 atom stereocenters. The van der Waals surface area contributed by atoms with Gasteiger partial charge in [-0.2, -0.15) is 0 Å². The molecule has 5 nitrogen and oxygen atoms in total. The van der Waals surface area contributed by atoms with E-state index in [4.69, 9.17) is 5.41 Å². The normalized spacial score (nSPS) is 15.7. The van der Waals surface area contributed by atoms with E-state index in [1.807, 2.05) is 6.20 Å². The summed E-state index contributed by atoms with van der Waals surface area (Å²) in [5.74, 6) is 0.737. The van der Waals surface area contributed by atoms with Gasteiger partial charge in [0.15, 0.2) is 0 Å². The number of rotatable bonds is 6. The molecule has 0 saturated carbocycles. The Balaban J connectivity index is 1.65. The second kappa shape index (κ2) is 8.15. The van der Waals surface area contributed by atoms with E-state index in [0.717, 1.165) is 43.3 Å². The summed E-state index contributed by atoms with van der Waals surface area (Å²) in [4.78, 5) is 12.6. The Labute approximate surface area is 155 Å². The monoisotopic (exact) mass is 349 g/mol. The van der Waals surface area contributed by atoms with Crippen molar-refractivity contribution in [2.45, 2.75) is 19.9 Å². The minimum atomic E-state index is 0.366. The Morgan fingerprint density at radius 1 is 1.19 bits per heavy atom. The Hall–Kier alpha value is -2.66. The summed E-state index contributed by atoms with van der Waals surface area (Å²) in [5, 5.41) is 7.56. The Morgan fingerprint density at radius 2 is 1.88 bits per heavy atom. The summed E-state index contributed by atoms with van der Waals surface area (Å²) < 4.78 is 0. The number of anilines is 1. The lowest BCUT2D eigenvalue weighted by atomic mass is 10.1. The predicted octanol–water partition coefficient (Wildman–Crippen LogP) is 3.83. The molecule has 0 bridgehead atoms. The Morgan fingerprint density at radius 3 is 2.50 bits per heavy atom. The fourth-order valence-electron chi connectivity index (χ4n) is 3.15. The number of allylic oxidation sites excluding steroid dienone is 2. The molecule has 1 fully saturated rings. The number of H-pyrrole nitrogens is 1. The van der Waals surface area contributed by atoms with Gasteiger partial charge < -0.3 is 15.3 Å². The minimum absolute atomic E-state index is 0.366. The van der Waals surface area contributed by atoms with E-state index in [9.17, 15) is 0 Å². The standard InChI is InChI=1S/C21H27N5/c1-4-18(22)7-10-21-23-15-20(24-21)17-5-8-19(9-6-17)26-13-11-25(12-14-26)16(2)3/h4-10,15-16,22H,1,11-14H2,2-3H3,(H,23,24)/b10-7-,22-18?. The molecule has 26 heavy (non-hydrogen) atoms. The molecule has 0 spiro atoms. The van der Waals surface area contributed by atoms with Gasteiger partial charge in [-0.3, -0.25) is 4.90 Å². The summed E-state index contributed by atoms with van der Waals surface area (Å²) in [6, 6.07) is 9.26. The van der Waals surface area contributed by atoms with Crippen LogP contribution in [-0.4, -0.2) is 52.8 Å². The fraction of sp³-hybridized carbons (Fsp3) is 0.333. The van der Waals surface area contributed by atoms with Gasteiger partial charge in [0.05, 0.1) is 17.6 Å². The van der Waals surface area contributed by atoms with E-state index in [-0.39, 0.29) is 0 Å². The van der Waals surface area contributed by atoms with Gasteiger partial charge in [-0.25, -0.2) is 4.98 Å². The highest BCUT2D eigenvalue weighted by Gasteiger charge is 2.18. The number of imidazole rings is 1. The molecular weight excluding hydrogens is 322 g/mol. The molecule has 0 amide bonds. The summed E-state index contributed by atoms with van der Waals surface area (Å²) >= 11 is 0. The third kappa shape index (κ3) is 4.29. The Bertz CT molecular complexity index is 777. The van der Waals surface area contributed by atoms with Crippen LogP contribution < -0.4 is 4.90 Å². The van der Waals surface area contributed by atoms with E-state index in [1.54, 1.807) is 12.2 Å². The summed E-state index contributed by atoms with van der Waals surface area (Å²) in [6.45, 7) is 12.5. The van der Waals surface area contributed by atoms with Crippen LogP contribution in [0.15, 0.2) is 49.2 Å². The molecule has 2 N–H and O–H groups in total. The molecule has 3 rings (SSSR count). The van der Waals surface area contributed by atoms with Gasteiger partial charge in [0.1, 0.15) is 5.82 Å². The van der Waals surface area contributed by atoms with Crippen molar-refractivity contribution < 1.29 is 0 Å². The summed E-state index contributed by atoms with van der Waals surface area (Å²) in [5.41, 5.74) is 3.73. The van der Waals surface area contributed by atoms with Crippen molar-refractivity contribution in [3.8, 4) is 11.3 Å². The lowest BCUT2D eigenvalue weighted by Gasteiger charge is -2.38. The van der Waals surface area contributed by atoms with E-state index < -0.39 is 0 Å². The van der Waals surface area contributed by atoms with Crippen molar-refractivity contribution in [3.63, 3.8) is 0 Å². The van der Waals surface area contributed by atoms with Crippen molar-refractivity contribution in [1.82, 2.24) is 14.9 Å². The highest BCUT2D eigenvalue weighted by molar-refractivity contribution is 6.03. The molecule has 1 saturated heterocycles. The van der Waals surface area contributed by atoms with Gasteiger partial charge >= 0.3 is 0 Å². The summed E-state index contributed by atoms with van der Waals surface area (Å²) in [6.07, 6.45) is 6.79. The third-order valence-electron chi connectivity index (χ3n) is 4.82. The SMILES string of the molecule is C=CC(=N)/C=C\c1ncc(-c2ccc(N3CCN(C(C)C)CC3)cc2)[nH]1. The first-order valence-electron chi connectivity index (χ1n) is 9.10. The molecule has 136 valence electrons. The molecule has 1 aliphatic heterocycles. The molecule has 1 aliphatic rings. The van der Waals surface area contributed by atoms with E-state index in [0.29, 0.717) is 11.8 Å². The lowest BCUT2D eigenvalue weighted by Crippen LogP contribution is -2.48. The highest BCUT2D eigenvalue weighted by atomic mass is 15.3. The first-order chi connectivity index (χ1) is 12.6. The van der Waals surface area contributed by atoms with Gasteiger partial charge in [-0.05, 0) is 49.8 Å². The van der Waals surface area contributed by atoms with Gasteiger partial charge in [-0.15, -0.1) is 0 Å². The van der Waals surface area contributed by atoms with Crippen LogP contribution in [0.5, 0.6) is 0 Å². The van der Waals surface area contributed by atoms with E-state index >= 15 is 0 Å².